The van der Waals surface area contributed by atoms with Crippen LogP contribution in [0.2, 0.25) is 0 Å². The van der Waals surface area contributed by atoms with E-state index in [0.717, 1.165) is 25.4 Å². The molecular weight excluding hydrogens is 234 g/mol. The molecule has 2 rings (SSSR count). The summed E-state index contributed by atoms with van der Waals surface area (Å²) < 4.78 is 5.71. The first-order valence-corrected chi connectivity index (χ1v) is 6.35. The number of halogens is 1. The first-order chi connectivity index (χ1) is 7.90. The van der Waals surface area contributed by atoms with Gasteiger partial charge in [0, 0.05) is 6.54 Å². The fourth-order valence-corrected chi connectivity index (χ4v) is 2.22. The van der Waals surface area contributed by atoms with E-state index < -0.39 is 0 Å². The molecule has 0 saturated heterocycles. The molecule has 0 saturated carbocycles. The summed E-state index contributed by atoms with van der Waals surface area (Å²) >= 11 is 0. The summed E-state index contributed by atoms with van der Waals surface area (Å²) in [5, 5.41) is 3.26. The molecular formula is C14H22ClNO. The van der Waals surface area contributed by atoms with Gasteiger partial charge in [-0.2, -0.15) is 0 Å². The Morgan fingerprint density at radius 3 is 2.71 bits per heavy atom. The number of fused-ring (bicyclic) bond motifs is 1. The number of benzene rings is 1. The zero-order valence-corrected chi connectivity index (χ0v) is 11.3. The van der Waals surface area contributed by atoms with E-state index in [-0.39, 0.29) is 12.4 Å². The van der Waals surface area contributed by atoms with Crippen molar-refractivity contribution in [2.24, 2.45) is 0 Å². The summed E-state index contributed by atoms with van der Waals surface area (Å²) in [4.78, 5) is 0. The van der Waals surface area contributed by atoms with Gasteiger partial charge in [0.15, 0.2) is 0 Å². The lowest BCUT2D eigenvalue weighted by atomic mass is 9.92. The maximum atomic E-state index is 5.71. The number of ether oxygens (including phenoxy) is 1. The molecule has 0 aromatic heterocycles. The minimum Gasteiger partial charge on any atom is -0.492 e. The summed E-state index contributed by atoms with van der Waals surface area (Å²) in [7, 11) is 0. The van der Waals surface area contributed by atoms with Crippen LogP contribution in [0.15, 0.2) is 18.2 Å². The topological polar surface area (TPSA) is 21.3 Å². The molecule has 1 aliphatic carbocycles. The average Bonchev–Trinajstić information content (AvgIpc) is 2.34. The molecule has 0 aliphatic heterocycles. The van der Waals surface area contributed by atoms with Gasteiger partial charge in [-0.05, 0) is 55.5 Å². The van der Waals surface area contributed by atoms with Crippen molar-refractivity contribution in [1.29, 1.82) is 0 Å². The Hall–Kier alpha value is -0.730. The lowest BCUT2D eigenvalue weighted by molar-refractivity contribution is 0.315. The van der Waals surface area contributed by atoms with Crippen LogP contribution in [-0.2, 0) is 12.8 Å². The number of hydrogen-bond acceptors (Lipinski definition) is 2. The first-order valence-electron chi connectivity index (χ1n) is 6.35. The van der Waals surface area contributed by atoms with Crippen LogP contribution in [0.25, 0.3) is 0 Å². The van der Waals surface area contributed by atoms with Crippen molar-refractivity contribution in [3.05, 3.63) is 29.3 Å². The summed E-state index contributed by atoms with van der Waals surface area (Å²) in [6.45, 7) is 4.80. The van der Waals surface area contributed by atoms with Crippen molar-refractivity contribution in [2.75, 3.05) is 19.7 Å². The van der Waals surface area contributed by atoms with Gasteiger partial charge in [-0.3, -0.25) is 0 Å². The quantitative estimate of drug-likeness (QED) is 0.817. The highest BCUT2D eigenvalue weighted by atomic mass is 35.5. The lowest BCUT2D eigenvalue weighted by Crippen LogP contribution is -2.20. The maximum Gasteiger partial charge on any atom is 0.119 e. The Balaban J connectivity index is 0.00000144. The molecule has 0 unspecified atom stereocenters. The highest BCUT2D eigenvalue weighted by molar-refractivity contribution is 5.85. The molecule has 0 bridgehead atoms. The Morgan fingerprint density at radius 1 is 1.18 bits per heavy atom. The van der Waals surface area contributed by atoms with Gasteiger partial charge in [0.25, 0.3) is 0 Å². The van der Waals surface area contributed by atoms with Crippen LogP contribution >= 0.6 is 12.4 Å². The SMILES string of the molecule is CCNCCOc1ccc2c(c1)CCCC2.Cl. The molecule has 0 atom stereocenters. The van der Waals surface area contributed by atoms with Crippen molar-refractivity contribution in [2.45, 2.75) is 32.6 Å². The van der Waals surface area contributed by atoms with E-state index in [2.05, 4.69) is 30.4 Å². The lowest BCUT2D eigenvalue weighted by Gasteiger charge is -2.16. The van der Waals surface area contributed by atoms with E-state index in [4.69, 9.17) is 4.74 Å². The van der Waals surface area contributed by atoms with Crippen molar-refractivity contribution in [1.82, 2.24) is 5.32 Å². The fourth-order valence-electron chi connectivity index (χ4n) is 2.22. The third kappa shape index (κ3) is 4.21. The molecule has 0 fully saturated rings. The number of rotatable bonds is 5. The summed E-state index contributed by atoms with van der Waals surface area (Å²) in [6.07, 6.45) is 5.13. The molecule has 0 amide bonds. The molecule has 17 heavy (non-hydrogen) atoms. The second kappa shape index (κ2) is 7.57. The van der Waals surface area contributed by atoms with Crippen molar-refractivity contribution >= 4 is 12.4 Å². The van der Waals surface area contributed by atoms with Crippen LogP contribution < -0.4 is 10.1 Å². The van der Waals surface area contributed by atoms with Gasteiger partial charge in [0.2, 0.25) is 0 Å². The van der Waals surface area contributed by atoms with E-state index in [1.54, 1.807) is 0 Å². The Bertz CT molecular complexity index is 341. The normalized spacial score (nSPS) is 13.7. The minimum absolute atomic E-state index is 0. The van der Waals surface area contributed by atoms with E-state index in [1.807, 2.05) is 0 Å². The van der Waals surface area contributed by atoms with Gasteiger partial charge in [-0.25, -0.2) is 0 Å². The third-order valence-corrected chi connectivity index (χ3v) is 3.12. The maximum absolute atomic E-state index is 5.71. The van der Waals surface area contributed by atoms with Crippen LogP contribution in [0.3, 0.4) is 0 Å². The van der Waals surface area contributed by atoms with Crippen LogP contribution in [0.5, 0.6) is 5.75 Å². The van der Waals surface area contributed by atoms with Gasteiger partial charge >= 0.3 is 0 Å². The van der Waals surface area contributed by atoms with Crippen molar-refractivity contribution in [3.8, 4) is 5.75 Å². The van der Waals surface area contributed by atoms with Gasteiger partial charge in [-0.15, -0.1) is 12.4 Å². The van der Waals surface area contributed by atoms with Crippen molar-refractivity contribution in [3.63, 3.8) is 0 Å². The molecule has 1 aromatic rings. The molecule has 2 nitrogen and oxygen atoms in total. The highest BCUT2D eigenvalue weighted by Crippen LogP contribution is 2.25. The number of nitrogens with one attached hydrogen (secondary N) is 1. The largest absolute Gasteiger partial charge is 0.492 e. The minimum atomic E-state index is 0. The highest BCUT2D eigenvalue weighted by Gasteiger charge is 2.09. The van der Waals surface area contributed by atoms with Gasteiger partial charge in [0.1, 0.15) is 12.4 Å². The summed E-state index contributed by atoms with van der Waals surface area (Å²) in [6, 6.07) is 6.56. The first kappa shape index (κ1) is 14.3. The molecule has 3 heteroatoms. The Kier molecular flexibility index (Phi) is 6.38. The second-order valence-electron chi connectivity index (χ2n) is 4.34. The Labute approximate surface area is 110 Å². The average molecular weight is 256 g/mol. The van der Waals surface area contributed by atoms with E-state index in [1.165, 1.54) is 36.8 Å². The fraction of sp³-hybridized carbons (Fsp3) is 0.571. The zero-order chi connectivity index (χ0) is 11.2. The molecule has 96 valence electrons. The zero-order valence-electron chi connectivity index (χ0n) is 10.5. The molecule has 0 radical (unpaired) electrons. The summed E-state index contributed by atoms with van der Waals surface area (Å²) in [5.74, 6) is 1.03. The van der Waals surface area contributed by atoms with Gasteiger partial charge < -0.3 is 10.1 Å². The standard InChI is InChI=1S/C14H21NO.ClH/c1-2-15-9-10-16-14-8-7-12-5-3-4-6-13(12)11-14;/h7-8,11,15H,2-6,9-10H2,1H3;1H. The predicted octanol–water partition coefficient (Wildman–Crippen LogP) is 2.98. The predicted molar refractivity (Wildman–Crippen MR) is 74.4 cm³/mol. The molecule has 0 spiro atoms. The van der Waals surface area contributed by atoms with Crippen LogP contribution in [-0.4, -0.2) is 19.7 Å². The van der Waals surface area contributed by atoms with Crippen LogP contribution in [0.1, 0.15) is 30.9 Å². The van der Waals surface area contributed by atoms with E-state index in [9.17, 15) is 0 Å². The van der Waals surface area contributed by atoms with E-state index in [0.29, 0.717) is 0 Å². The smallest absolute Gasteiger partial charge is 0.119 e. The van der Waals surface area contributed by atoms with Crippen LogP contribution in [0, 0.1) is 0 Å². The van der Waals surface area contributed by atoms with Gasteiger partial charge in [0.05, 0.1) is 0 Å². The molecule has 1 N–H and O–H groups in total. The number of likely N-dealkylation sites (N-methyl/N-ethyl adjacent to an activating group) is 1. The number of aryl methyl sites for hydroxylation is 2. The Morgan fingerprint density at radius 2 is 1.94 bits per heavy atom. The van der Waals surface area contributed by atoms with Crippen molar-refractivity contribution < 1.29 is 4.74 Å². The summed E-state index contributed by atoms with van der Waals surface area (Å²) in [5.41, 5.74) is 3.01. The molecule has 1 aliphatic rings. The molecule has 0 heterocycles. The number of hydrogen-bond donors (Lipinski definition) is 1. The van der Waals surface area contributed by atoms with E-state index >= 15 is 0 Å². The van der Waals surface area contributed by atoms with Gasteiger partial charge in [-0.1, -0.05) is 13.0 Å². The monoisotopic (exact) mass is 255 g/mol. The van der Waals surface area contributed by atoms with Crippen LogP contribution in [0.4, 0.5) is 0 Å². The second-order valence-corrected chi connectivity index (χ2v) is 4.34. The third-order valence-electron chi connectivity index (χ3n) is 3.12. The molecule has 1 aromatic carbocycles.